The van der Waals surface area contributed by atoms with Crippen LogP contribution in [-0.4, -0.2) is 44.5 Å². The molecule has 0 aromatic carbocycles. The van der Waals surface area contributed by atoms with Gasteiger partial charge < -0.3 is 9.53 Å². The molecule has 0 amide bonds. The Morgan fingerprint density at radius 2 is 1.94 bits per heavy atom. The maximum absolute atomic E-state index is 9.40. The van der Waals surface area contributed by atoms with Crippen LogP contribution in [0.1, 0.15) is 33.6 Å². The van der Waals surface area contributed by atoms with Gasteiger partial charge in [0.25, 0.3) is 0 Å². The van der Waals surface area contributed by atoms with Crippen LogP contribution in [0, 0.1) is 5.41 Å². The molecule has 3 nitrogen and oxygen atoms in total. The van der Waals surface area contributed by atoms with Crippen molar-refractivity contribution in [3.63, 3.8) is 0 Å². The highest BCUT2D eigenvalue weighted by molar-refractivity contribution is 6.48. The van der Waals surface area contributed by atoms with Crippen molar-refractivity contribution in [2.24, 2.45) is 5.41 Å². The molecule has 1 aliphatic heterocycles. The third kappa shape index (κ3) is 3.55. The molecule has 4 heteroatoms. The highest BCUT2D eigenvalue weighted by Gasteiger charge is 2.39. The molecule has 0 aromatic rings. The monoisotopic (exact) mass is 245 g/mol. The second-order valence-electron chi connectivity index (χ2n) is 6.15. The van der Waals surface area contributed by atoms with Crippen molar-refractivity contribution in [1.29, 1.82) is 0 Å². The fraction of sp³-hybridized carbons (Fsp3) is 1.00. The molecule has 2 atom stereocenters. The van der Waals surface area contributed by atoms with E-state index < -0.39 is 9.04 Å². The van der Waals surface area contributed by atoms with Gasteiger partial charge in [-0.3, -0.25) is 4.90 Å². The first-order valence-electron chi connectivity index (χ1n) is 6.34. The summed E-state index contributed by atoms with van der Waals surface area (Å²) in [6.45, 7) is 12.2. The van der Waals surface area contributed by atoms with Crippen molar-refractivity contribution in [2.45, 2.75) is 58.8 Å². The summed E-state index contributed by atoms with van der Waals surface area (Å²) in [5, 5.41) is 9.40. The number of nitrogens with zero attached hydrogens (tertiary/aromatic N) is 1. The van der Waals surface area contributed by atoms with Crippen LogP contribution in [0.3, 0.4) is 0 Å². The van der Waals surface area contributed by atoms with Crippen LogP contribution in [0.2, 0.25) is 13.1 Å². The molecular formula is C12H27NO2Si. The van der Waals surface area contributed by atoms with Crippen molar-refractivity contribution in [3.05, 3.63) is 0 Å². The van der Waals surface area contributed by atoms with E-state index in [1.54, 1.807) is 0 Å². The highest BCUT2D eigenvalue weighted by atomic mass is 28.3. The zero-order valence-corrected chi connectivity index (χ0v) is 12.5. The van der Waals surface area contributed by atoms with Crippen LogP contribution in [0.25, 0.3) is 0 Å². The number of aliphatic hydroxyl groups is 1. The van der Waals surface area contributed by atoms with Gasteiger partial charge in [0, 0.05) is 12.1 Å². The lowest BCUT2D eigenvalue weighted by atomic mass is 9.85. The van der Waals surface area contributed by atoms with Gasteiger partial charge in [0.05, 0.1) is 13.3 Å². The van der Waals surface area contributed by atoms with E-state index in [4.69, 9.17) is 4.43 Å². The van der Waals surface area contributed by atoms with Gasteiger partial charge in [0.15, 0.2) is 9.04 Å². The van der Waals surface area contributed by atoms with Crippen molar-refractivity contribution in [2.75, 3.05) is 13.3 Å². The van der Waals surface area contributed by atoms with Crippen molar-refractivity contribution < 1.29 is 9.53 Å². The average molecular weight is 245 g/mol. The maximum Gasteiger partial charge on any atom is 0.172 e. The first-order chi connectivity index (χ1) is 7.36. The number of hydrogen-bond acceptors (Lipinski definition) is 3. The van der Waals surface area contributed by atoms with Crippen LogP contribution < -0.4 is 0 Å². The number of aliphatic hydroxyl groups excluding tert-OH is 1. The van der Waals surface area contributed by atoms with Gasteiger partial charge in [-0.25, -0.2) is 0 Å². The summed E-state index contributed by atoms with van der Waals surface area (Å²) in [5.41, 5.74) is 0.270. The third-order valence-electron chi connectivity index (χ3n) is 3.41. The lowest BCUT2D eigenvalue weighted by molar-refractivity contribution is 0.0170. The van der Waals surface area contributed by atoms with E-state index in [1.165, 1.54) is 6.42 Å². The molecule has 1 rings (SSSR count). The lowest BCUT2D eigenvalue weighted by Gasteiger charge is -2.37. The first kappa shape index (κ1) is 14.2. The van der Waals surface area contributed by atoms with Gasteiger partial charge in [-0.1, -0.05) is 20.8 Å². The van der Waals surface area contributed by atoms with Crippen LogP contribution in [0.15, 0.2) is 0 Å². The van der Waals surface area contributed by atoms with Crippen molar-refractivity contribution >= 4 is 9.04 Å². The summed E-state index contributed by atoms with van der Waals surface area (Å²) in [6.07, 6.45) is 2.28. The molecule has 1 heterocycles. The Morgan fingerprint density at radius 1 is 1.31 bits per heavy atom. The summed E-state index contributed by atoms with van der Waals surface area (Å²) in [7, 11) is -0.970. The van der Waals surface area contributed by atoms with E-state index in [9.17, 15) is 5.11 Å². The number of hydrogen-bond donors (Lipinski definition) is 1. The predicted octanol–water partition coefficient (Wildman–Crippen LogP) is 1.82. The van der Waals surface area contributed by atoms with Crippen molar-refractivity contribution in [1.82, 2.24) is 4.90 Å². The average Bonchev–Trinajstić information content (AvgIpc) is 2.56. The minimum Gasteiger partial charge on any atom is -0.408 e. The minimum atomic E-state index is -0.970. The van der Waals surface area contributed by atoms with Gasteiger partial charge in [-0.2, -0.15) is 0 Å². The molecular weight excluding hydrogens is 218 g/mol. The van der Waals surface area contributed by atoms with Gasteiger partial charge in [-0.15, -0.1) is 0 Å². The number of rotatable bonds is 4. The van der Waals surface area contributed by atoms with Gasteiger partial charge in [0.1, 0.15) is 0 Å². The predicted molar refractivity (Wildman–Crippen MR) is 70.0 cm³/mol. The topological polar surface area (TPSA) is 32.7 Å². The zero-order chi connectivity index (χ0) is 12.3. The van der Waals surface area contributed by atoms with E-state index in [0.717, 1.165) is 6.42 Å². The smallest absolute Gasteiger partial charge is 0.172 e. The fourth-order valence-electron chi connectivity index (χ4n) is 2.49. The van der Waals surface area contributed by atoms with E-state index in [2.05, 4.69) is 38.8 Å². The zero-order valence-electron chi connectivity index (χ0n) is 11.4. The molecule has 2 unspecified atom stereocenters. The Bertz CT molecular complexity index is 216. The van der Waals surface area contributed by atoms with Crippen molar-refractivity contribution in [3.8, 4) is 0 Å². The van der Waals surface area contributed by atoms with Crippen LogP contribution in [0.5, 0.6) is 0 Å². The lowest BCUT2D eigenvalue weighted by Crippen LogP contribution is -2.46. The quantitative estimate of drug-likeness (QED) is 0.767. The SMILES string of the molecule is C[SiH](C)OCN1C(CO)CCC1C(C)(C)C. The Balaban J connectivity index is 2.63. The van der Waals surface area contributed by atoms with Crippen LogP contribution >= 0.6 is 0 Å². The second-order valence-corrected chi connectivity index (χ2v) is 8.59. The summed E-state index contributed by atoms with van der Waals surface area (Å²) in [6, 6.07) is 0.842. The van der Waals surface area contributed by atoms with Gasteiger partial charge in [0.2, 0.25) is 0 Å². The van der Waals surface area contributed by atoms with E-state index in [-0.39, 0.29) is 12.0 Å². The molecule has 0 radical (unpaired) electrons. The normalized spacial score (nSPS) is 27.9. The first-order valence-corrected chi connectivity index (χ1v) is 9.12. The second kappa shape index (κ2) is 5.62. The van der Waals surface area contributed by atoms with Crippen LogP contribution in [-0.2, 0) is 4.43 Å². The summed E-state index contributed by atoms with van der Waals surface area (Å²) < 4.78 is 5.84. The molecule has 0 aromatic heterocycles. The van der Waals surface area contributed by atoms with Gasteiger partial charge in [-0.05, 0) is 31.4 Å². The molecule has 1 saturated heterocycles. The molecule has 0 saturated carbocycles. The molecule has 1 fully saturated rings. The van der Waals surface area contributed by atoms with E-state index in [0.29, 0.717) is 18.8 Å². The Morgan fingerprint density at radius 3 is 2.38 bits per heavy atom. The Labute approximate surface area is 102 Å². The minimum absolute atomic E-state index is 0.260. The summed E-state index contributed by atoms with van der Waals surface area (Å²) >= 11 is 0. The molecule has 1 N–H and O–H groups in total. The fourth-order valence-corrected chi connectivity index (χ4v) is 2.96. The third-order valence-corrected chi connectivity index (χ3v) is 4.23. The molecule has 0 aliphatic carbocycles. The molecule has 1 aliphatic rings. The highest BCUT2D eigenvalue weighted by Crippen LogP contribution is 2.35. The molecule has 16 heavy (non-hydrogen) atoms. The number of likely N-dealkylation sites (tertiary alicyclic amines) is 1. The van der Waals surface area contributed by atoms with Gasteiger partial charge >= 0.3 is 0 Å². The molecule has 0 bridgehead atoms. The molecule has 0 spiro atoms. The summed E-state index contributed by atoms with van der Waals surface area (Å²) in [5.74, 6) is 0. The van der Waals surface area contributed by atoms with E-state index in [1.807, 2.05) is 0 Å². The largest absolute Gasteiger partial charge is 0.408 e. The van der Waals surface area contributed by atoms with Crippen LogP contribution in [0.4, 0.5) is 0 Å². The Kier molecular flexibility index (Phi) is 4.98. The standard InChI is InChI=1S/C12H27NO2Si/c1-12(2,3)11-7-6-10(8-14)13(11)9-15-16(4)5/h10-11,14,16H,6-9H2,1-5H3. The van der Waals surface area contributed by atoms with E-state index >= 15 is 0 Å². The Hall–Kier alpha value is 0.0969. The molecule has 96 valence electrons. The maximum atomic E-state index is 9.40. The summed E-state index contributed by atoms with van der Waals surface area (Å²) in [4.78, 5) is 2.37.